The van der Waals surface area contributed by atoms with Gasteiger partial charge >= 0.3 is 5.97 Å². The zero-order chi connectivity index (χ0) is 14.0. The number of carbonyl (C=O) groups excluding carboxylic acids is 1. The van der Waals surface area contributed by atoms with Crippen LogP contribution >= 0.6 is 27.5 Å². The molecule has 1 aliphatic heterocycles. The van der Waals surface area contributed by atoms with Crippen molar-refractivity contribution in [1.29, 1.82) is 0 Å². The first-order valence-electron chi connectivity index (χ1n) is 5.96. The van der Waals surface area contributed by atoms with Crippen LogP contribution in [0.15, 0.2) is 22.7 Å². The number of likely N-dealkylation sites (tertiary alicyclic amines) is 1. The van der Waals surface area contributed by atoms with Crippen LogP contribution < -0.4 is 0 Å². The molecule has 0 spiro atoms. The fourth-order valence-electron chi connectivity index (χ4n) is 2.20. The summed E-state index contributed by atoms with van der Waals surface area (Å²) in [7, 11) is 0. The molecular weight excluding hydrogens is 334 g/mol. The SMILES string of the molecule is O=C(O)[C@@H]1CCCN(C(=O)c2ccc(Br)cc2Cl)C1. The van der Waals surface area contributed by atoms with Gasteiger partial charge in [-0.3, -0.25) is 9.59 Å². The Labute approximate surface area is 124 Å². The molecule has 4 nitrogen and oxygen atoms in total. The highest BCUT2D eigenvalue weighted by molar-refractivity contribution is 9.10. The van der Waals surface area contributed by atoms with Gasteiger partial charge in [-0.25, -0.2) is 0 Å². The molecule has 2 rings (SSSR count). The van der Waals surface area contributed by atoms with Crippen molar-refractivity contribution in [2.75, 3.05) is 13.1 Å². The Balaban J connectivity index is 2.17. The highest BCUT2D eigenvalue weighted by Crippen LogP contribution is 2.25. The number of hydrogen-bond acceptors (Lipinski definition) is 2. The molecule has 0 aliphatic carbocycles. The number of nitrogens with zero attached hydrogens (tertiary/aromatic N) is 1. The van der Waals surface area contributed by atoms with Gasteiger partial charge in [-0.05, 0) is 31.0 Å². The molecule has 1 atom stereocenters. The van der Waals surface area contributed by atoms with Crippen LogP contribution in [0.3, 0.4) is 0 Å². The van der Waals surface area contributed by atoms with Crippen LogP contribution in [-0.4, -0.2) is 35.0 Å². The summed E-state index contributed by atoms with van der Waals surface area (Å²) in [6, 6.07) is 5.06. The molecule has 0 radical (unpaired) electrons. The van der Waals surface area contributed by atoms with E-state index >= 15 is 0 Å². The first-order chi connectivity index (χ1) is 8.99. The van der Waals surface area contributed by atoms with Crippen molar-refractivity contribution in [1.82, 2.24) is 4.90 Å². The van der Waals surface area contributed by atoms with Crippen LogP contribution in [-0.2, 0) is 4.79 Å². The minimum absolute atomic E-state index is 0.205. The van der Waals surface area contributed by atoms with Gasteiger partial charge < -0.3 is 10.0 Å². The number of carboxylic acid groups (broad SMARTS) is 1. The molecule has 102 valence electrons. The Hall–Kier alpha value is -1.07. The molecule has 1 amide bonds. The Morgan fingerprint density at radius 3 is 2.79 bits per heavy atom. The van der Waals surface area contributed by atoms with E-state index in [1.807, 2.05) is 0 Å². The lowest BCUT2D eigenvalue weighted by Crippen LogP contribution is -2.42. The Bertz CT molecular complexity index is 521. The summed E-state index contributed by atoms with van der Waals surface area (Å²) in [6.07, 6.45) is 1.32. The number of piperidine rings is 1. The summed E-state index contributed by atoms with van der Waals surface area (Å²) >= 11 is 9.33. The van der Waals surface area contributed by atoms with Gasteiger partial charge in [0, 0.05) is 17.6 Å². The van der Waals surface area contributed by atoms with Gasteiger partial charge in [0.1, 0.15) is 0 Å². The molecule has 0 saturated carbocycles. The van der Waals surface area contributed by atoms with Crippen LogP contribution in [0.2, 0.25) is 5.02 Å². The molecule has 1 N–H and O–H groups in total. The minimum Gasteiger partial charge on any atom is -0.481 e. The number of rotatable bonds is 2. The second-order valence-corrected chi connectivity index (χ2v) is 5.88. The van der Waals surface area contributed by atoms with E-state index in [2.05, 4.69) is 15.9 Å². The molecule has 1 heterocycles. The third-order valence-corrected chi connectivity index (χ3v) is 4.03. The fourth-order valence-corrected chi connectivity index (χ4v) is 2.95. The van der Waals surface area contributed by atoms with Gasteiger partial charge in [-0.15, -0.1) is 0 Å². The zero-order valence-corrected chi connectivity index (χ0v) is 12.4. The maximum atomic E-state index is 12.3. The Morgan fingerprint density at radius 2 is 2.16 bits per heavy atom. The van der Waals surface area contributed by atoms with Gasteiger partial charge in [0.25, 0.3) is 5.91 Å². The number of amides is 1. The fraction of sp³-hybridized carbons (Fsp3) is 0.385. The molecular formula is C13H13BrClNO3. The van der Waals surface area contributed by atoms with Crippen LogP contribution in [0, 0.1) is 5.92 Å². The number of aliphatic carboxylic acids is 1. The zero-order valence-electron chi connectivity index (χ0n) is 10.1. The molecule has 0 bridgehead atoms. The van der Waals surface area contributed by atoms with E-state index in [1.165, 1.54) is 0 Å². The van der Waals surface area contributed by atoms with E-state index < -0.39 is 11.9 Å². The number of hydrogen-bond donors (Lipinski definition) is 1. The van der Waals surface area contributed by atoms with Crippen molar-refractivity contribution in [2.45, 2.75) is 12.8 Å². The predicted molar refractivity (Wildman–Crippen MR) is 75.4 cm³/mol. The molecule has 1 aliphatic rings. The lowest BCUT2D eigenvalue weighted by Gasteiger charge is -2.31. The molecule has 1 saturated heterocycles. The smallest absolute Gasteiger partial charge is 0.308 e. The second-order valence-electron chi connectivity index (χ2n) is 4.55. The Kier molecular flexibility index (Phi) is 4.47. The van der Waals surface area contributed by atoms with E-state index in [0.717, 1.165) is 4.47 Å². The predicted octanol–water partition coefficient (Wildman–Crippen LogP) is 3.04. The topological polar surface area (TPSA) is 57.6 Å². The normalized spacial score (nSPS) is 19.3. The highest BCUT2D eigenvalue weighted by atomic mass is 79.9. The number of halogens is 2. The standard InChI is InChI=1S/C13H13BrClNO3/c14-9-3-4-10(11(15)6-9)12(17)16-5-1-2-8(7-16)13(18)19/h3-4,6,8H,1-2,5,7H2,(H,18,19)/t8-/m1/s1. The average Bonchev–Trinajstić information content (AvgIpc) is 2.38. The Morgan fingerprint density at radius 1 is 1.42 bits per heavy atom. The summed E-state index contributed by atoms with van der Waals surface area (Å²) in [5.74, 6) is -1.53. The third-order valence-electron chi connectivity index (χ3n) is 3.22. The van der Waals surface area contributed by atoms with E-state index in [1.54, 1.807) is 23.1 Å². The van der Waals surface area contributed by atoms with Gasteiger partial charge in [0.15, 0.2) is 0 Å². The highest BCUT2D eigenvalue weighted by Gasteiger charge is 2.29. The number of carbonyl (C=O) groups is 2. The number of benzene rings is 1. The first kappa shape index (κ1) is 14.3. The monoisotopic (exact) mass is 345 g/mol. The summed E-state index contributed by atoms with van der Waals surface area (Å²) in [4.78, 5) is 24.9. The molecule has 0 aromatic heterocycles. The summed E-state index contributed by atoms with van der Waals surface area (Å²) in [5.41, 5.74) is 0.413. The molecule has 0 unspecified atom stereocenters. The molecule has 1 aromatic carbocycles. The van der Waals surface area contributed by atoms with Crippen molar-refractivity contribution in [3.05, 3.63) is 33.3 Å². The minimum atomic E-state index is -0.848. The van der Waals surface area contributed by atoms with Crippen LogP contribution in [0.5, 0.6) is 0 Å². The average molecular weight is 347 g/mol. The van der Waals surface area contributed by atoms with Crippen molar-refractivity contribution in [3.8, 4) is 0 Å². The quantitative estimate of drug-likeness (QED) is 0.895. The van der Waals surface area contributed by atoms with Gasteiger partial charge in [-0.1, -0.05) is 27.5 Å². The molecule has 1 fully saturated rings. The summed E-state index contributed by atoms with van der Waals surface area (Å²) in [5, 5.41) is 9.40. The van der Waals surface area contributed by atoms with Crippen molar-refractivity contribution < 1.29 is 14.7 Å². The maximum absolute atomic E-state index is 12.3. The summed E-state index contributed by atoms with van der Waals surface area (Å²) < 4.78 is 0.802. The van der Waals surface area contributed by atoms with Crippen molar-refractivity contribution in [2.24, 2.45) is 5.92 Å². The van der Waals surface area contributed by atoms with E-state index in [0.29, 0.717) is 30.0 Å². The first-order valence-corrected chi connectivity index (χ1v) is 7.13. The van der Waals surface area contributed by atoms with Crippen LogP contribution in [0.4, 0.5) is 0 Å². The molecule has 6 heteroatoms. The lowest BCUT2D eigenvalue weighted by molar-refractivity contribution is -0.143. The van der Waals surface area contributed by atoms with Crippen LogP contribution in [0.25, 0.3) is 0 Å². The molecule has 19 heavy (non-hydrogen) atoms. The molecule has 1 aromatic rings. The van der Waals surface area contributed by atoms with E-state index in [-0.39, 0.29) is 12.5 Å². The van der Waals surface area contributed by atoms with Crippen LogP contribution in [0.1, 0.15) is 23.2 Å². The second kappa shape index (κ2) is 5.92. The van der Waals surface area contributed by atoms with Crippen molar-refractivity contribution >= 4 is 39.4 Å². The third kappa shape index (κ3) is 3.28. The van der Waals surface area contributed by atoms with Crippen molar-refractivity contribution in [3.63, 3.8) is 0 Å². The van der Waals surface area contributed by atoms with E-state index in [4.69, 9.17) is 16.7 Å². The van der Waals surface area contributed by atoms with Gasteiger partial charge in [-0.2, -0.15) is 0 Å². The number of carboxylic acids is 1. The largest absolute Gasteiger partial charge is 0.481 e. The maximum Gasteiger partial charge on any atom is 0.308 e. The lowest BCUT2D eigenvalue weighted by atomic mass is 9.97. The van der Waals surface area contributed by atoms with Gasteiger partial charge in [0.05, 0.1) is 16.5 Å². The van der Waals surface area contributed by atoms with E-state index in [9.17, 15) is 9.59 Å². The summed E-state index contributed by atoms with van der Waals surface area (Å²) in [6.45, 7) is 0.829. The van der Waals surface area contributed by atoms with Gasteiger partial charge in [0.2, 0.25) is 0 Å².